The first-order valence-corrected chi connectivity index (χ1v) is 14.8. The average molecular weight is 580 g/mol. The molecule has 0 unspecified atom stereocenters. The summed E-state index contributed by atoms with van der Waals surface area (Å²) >= 11 is 0. The summed E-state index contributed by atoms with van der Waals surface area (Å²) in [6.45, 7) is 0. The van der Waals surface area contributed by atoms with Gasteiger partial charge in [-0.25, -0.2) is 0 Å². The SMILES string of the molecule is [2H]c1c([2H])c([2H])c2c(c1[2H])c([2H])c([2H])c1c(-c3c4ccccc4c(-c4cccc5oc6c7ccccc7ccc6c45)c4ccccc34)c([2H])c([2H])c([2H])c12. The monoisotopic (exact) mass is 579 g/mol. The second kappa shape index (κ2) is 9.29. The quantitative estimate of drug-likeness (QED) is 0.147. The predicted molar refractivity (Wildman–Crippen MR) is 192 cm³/mol. The van der Waals surface area contributed by atoms with E-state index in [1.807, 2.05) is 72.8 Å². The van der Waals surface area contributed by atoms with Crippen molar-refractivity contribution in [1.82, 2.24) is 0 Å². The van der Waals surface area contributed by atoms with Crippen LogP contribution in [0.2, 0.25) is 0 Å². The Morgan fingerprint density at radius 3 is 1.82 bits per heavy atom. The molecule has 0 bridgehead atoms. The maximum Gasteiger partial charge on any atom is 0.143 e. The Kier molecular flexibility index (Phi) is 3.59. The molecule has 0 saturated carbocycles. The van der Waals surface area contributed by atoms with E-state index in [4.69, 9.17) is 14.0 Å². The molecule has 1 heteroatoms. The van der Waals surface area contributed by atoms with Crippen LogP contribution in [-0.2, 0) is 0 Å². The summed E-state index contributed by atoms with van der Waals surface area (Å²) in [5.74, 6) is 0. The van der Waals surface area contributed by atoms with Gasteiger partial charge in [0, 0.05) is 16.2 Å². The van der Waals surface area contributed by atoms with Crippen molar-refractivity contribution < 1.29 is 16.8 Å². The molecular formula is C44H26O. The minimum Gasteiger partial charge on any atom is -0.455 e. The van der Waals surface area contributed by atoms with Gasteiger partial charge in [-0.1, -0.05) is 145 Å². The van der Waals surface area contributed by atoms with E-state index in [1.54, 1.807) is 0 Å². The van der Waals surface area contributed by atoms with Crippen molar-refractivity contribution in [2.45, 2.75) is 0 Å². The van der Waals surface area contributed by atoms with Gasteiger partial charge in [-0.3, -0.25) is 0 Å². The molecule has 1 aromatic heterocycles. The van der Waals surface area contributed by atoms with Crippen molar-refractivity contribution in [2.24, 2.45) is 0 Å². The Morgan fingerprint density at radius 2 is 1.04 bits per heavy atom. The summed E-state index contributed by atoms with van der Waals surface area (Å²) in [4.78, 5) is 0. The first kappa shape index (κ1) is 17.4. The molecule has 0 aliphatic carbocycles. The predicted octanol–water partition coefficient (Wildman–Crippen LogP) is 12.7. The van der Waals surface area contributed by atoms with E-state index in [0.29, 0.717) is 5.56 Å². The fourth-order valence-electron chi connectivity index (χ4n) is 7.08. The molecule has 1 nitrogen and oxygen atoms in total. The van der Waals surface area contributed by atoms with Crippen LogP contribution in [-0.4, -0.2) is 0 Å². The summed E-state index contributed by atoms with van der Waals surface area (Å²) in [7, 11) is 0. The lowest BCUT2D eigenvalue weighted by Gasteiger charge is -2.19. The van der Waals surface area contributed by atoms with E-state index in [2.05, 4.69) is 30.3 Å². The molecule has 10 aromatic rings. The molecule has 0 atom stereocenters. The van der Waals surface area contributed by atoms with Crippen molar-refractivity contribution in [2.75, 3.05) is 0 Å². The van der Waals surface area contributed by atoms with Crippen molar-refractivity contribution >= 4 is 75.8 Å². The van der Waals surface area contributed by atoms with Gasteiger partial charge in [0.25, 0.3) is 0 Å². The minimum absolute atomic E-state index is 0.0291. The van der Waals surface area contributed by atoms with Crippen LogP contribution in [0.5, 0.6) is 0 Å². The van der Waals surface area contributed by atoms with Crippen LogP contribution >= 0.6 is 0 Å². The first-order valence-electron chi connectivity index (χ1n) is 19.3. The molecule has 0 fully saturated rings. The molecule has 45 heavy (non-hydrogen) atoms. The van der Waals surface area contributed by atoms with Crippen molar-refractivity contribution in [1.29, 1.82) is 0 Å². The summed E-state index contributed by atoms with van der Waals surface area (Å²) in [5, 5.41) is 6.81. The highest BCUT2D eigenvalue weighted by Gasteiger charge is 2.21. The second-order valence-electron chi connectivity index (χ2n) is 11.3. The third kappa shape index (κ3) is 3.44. The van der Waals surface area contributed by atoms with Gasteiger partial charge in [-0.2, -0.15) is 0 Å². The fraction of sp³-hybridized carbons (Fsp3) is 0. The number of fused-ring (bicyclic) bond motifs is 10. The number of rotatable bonds is 2. The van der Waals surface area contributed by atoms with Gasteiger partial charge < -0.3 is 4.42 Å². The summed E-state index contributed by atoms with van der Waals surface area (Å²) in [6.07, 6.45) is 0. The third-order valence-corrected chi connectivity index (χ3v) is 8.96. The highest BCUT2D eigenvalue weighted by molar-refractivity contribution is 6.28. The van der Waals surface area contributed by atoms with Crippen LogP contribution in [0.3, 0.4) is 0 Å². The highest BCUT2D eigenvalue weighted by atomic mass is 16.3. The molecule has 0 aliphatic rings. The molecule has 208 valence electrons. The van der Waals surface area contributed by atoms with Gasteiger partial charge in [-0.05, 0) is 82.9 Å². The van der Waals surface area contributed by atoms with E-state index < -0.39 is 42.3 Å². The Bertz CT molecular complexity index is 3270. The number of hydrogen-bond donors (Lipinski definition) is 0. The normalized spacial score (nSPS) is 14.8. The van der Waals surface area contributed by atoms with Crippen LogP contribution in [0.15, 0.2) is 162 Å². The maximum absolute atomic E-state index is 9.40. The molecule has 0 aliphatic heterocycles. The van der Waals surface area contributed by atoms with Crippen molar-refractivity contribution in [3.63, 3.8) is 0 Å². The fourth-order valence-corrected chi connectivity index (χ4v) is 7.08. The Hall–Kier alpha value is -5.92. The molecule has 0 N–H and O–H groups in total. The Labute approximate surface area is 272 Å². The zero-order valence-electron chi connectivity index (χ0n) is 32.7. The zero-order valence-corrected chi connectivity index (χ0v) is 23.7. The van der Waals surface area contributed by atoms with E-state index in [-0.39, 0.29) is 39.2 Å². The highest BCUT2D eigenvalue weighted by Crippen LogP contribution is 2.48. The van der Waals surface area contributed by atoms with Crippen LogP contribution < -0.4 is 0 Å². The number of hydrogen-bond acceptors (Lipinski definition) is 1. The maximum atomic E-state index is 9.40. The molecule has 9 aromatic carbocycles. The molecule has 1 heterocycles. The molecular weight excluding hydrogens is 544 g/mol. The van der Waals surface area contributed by atoms with Crippen LogP contribution in [0.4, 0.5) is 0 Å². The Morgan fingerprint density at radius 1 is 0.378 bits per heavy atom. The van der Waals surface area contributed by atoms with Gasteiger partial charge in [-0.15, -0.1) is 0 Å². The Balaban J connectivity index is 1.41. The van der Waals surface area contributed by atoms with E-state index in [0.717, 1.165) is 65.4 Å². The smallest absolute Gasteiger partial charge is 0.143 e. The van der Waals surface area contributed by atoms with Crippen LogP contribution in [0, 0.1) is 0 Å². The van der Waals surface area contributed by atoms with E-state index in [1.165, 1.54) is 0 Å². The number of furan rings is 1. The topological polar surface area (TPSA) is 13.1 Å². The molecule has 0 amide bonds. The molecule has 0 saturated heterocycles. The first-order chi connectivity index (χ1) is 26.1. The summed E-state index contributed by atoms with van der Waals surface area (Å²) in [5.41, 5.74) is 4.10. The lowest BCUT2D eigenvalue weighted by Crippen LogP contribution is -1.92. The van der Waals surface area contributed by atoms with Gasteiger partial charge in [0.15, 0.2) is 0 Å². The van der Waals surface area contributed by atoms with Gasteiger partial charge in [0.1, 0.15) is 11.2 Å². The molecule has 10 rings (SSSR count). The molecule has 0 spiro atoms. The van der Waals surface area contributed by atoms with Gasteiger partial charge in [0.05, 0.1) is 12.3 Å². The summed E-state index contributed by atoms with van der Waals surface area (Å²) < 4.78 is 86.7. The van der Waals surface area contributed by atoms with E-state index >= 15 is 0 Å². The number of benzene rings is 9. The van der Waals surface area contributed by atoms with Crippen molar-refractivity contribution in [3.05, 3.63) is 158 Å². The minimum atomic E-state index is -0.545. The average Bonchev–Trinajstić information content (AvgIpc) is 3.59. The lowest BCUT2D eigenvalue weighted by atomic mass is 9.83. The lowest BCUT2D eigenvalue weighted by molar-refractivity contribution is 0.673. The second-order valence-corrected chi connectivity index (χ2v) is 11.3. The van der Waals surface area contributed by atoms with Gasteiger partial charge >= 0.3 is 0 Å². The third-order valence-electron chi connectivity index (χ3n) is 8.96. The van der Waals surface area contributed by atoms with Crippen molar-refractivity contribution in [3.8, 4) is 22.3 Å². The largest absolute Gasteiger partial charge is 0.455 e. The van der Waals surface area contributed by atoms with Gasteiger partial charge in [0.2, 0.25) is 0 Å². The van der Waals surface area contributed by atoms with Crippen LogP contribution in [0.25, 0.3) is 98.1 Å². The zero-order chi connectivity index (χ0) is 37.3. The van der Waals surface area contributed by atoms with Crippen LogP contribution in [0.1, 0.15) is 12.3 Å². The molecule has 0 radical (unpaired) electrons. The summed E-state index contributed by atoms with van der Waals surface area (Å²) in [6, 6.07) is 29.9. The standard InChI is InChI=1S/C44H26O/c1-3-13-29-27(11-1)23-25-32-31(29)19-9-20-33(32)41-34-15-5-7-17-36(34)42(37-18-8-6-16-35(37)41)38-21-10-22-40-43(38)39-26-24-28-12-2-4-14-30(28)44(39)45-40/h1-26H/i1D,3D,9D,11D,13D,19D,20D,23D,25D. The van der Waals surface area contributed by atoms with E-state index in [9.17, 15) is 2.74 Å².